The van der Waals surface area contributed by atoms with Gasteiger partial charge in [0.2, 0.25) is 96.3 Å². The third kappa shape index (κ3) is 41.4. The van der Waals surface area contributed by atoms with Gasteiger partial charge in [-0.3, -0.25) is 67.1 Å². The van der Waals surface area contributed by atoms with Crippen LogP contribution < -0.4 is 85.7 Å². The van der Waals surface area contributed by atoms with E-state index in [0.29, 0.717) is 129 Å². The molecule has 19 N–H and O–H groups in total. The molecule has 14 amide bonds. The highest BCUT2D eigenvalue weighted by Gasteiger charge is 2.37. The van der Waals surface area contributed by atoms with Crippen molar-refractivity contribution in [1.29, 1.82) is 0 Å². The standard InChI is InChI=1S/C97H154N22O18S/c1-70(2)53-114(86(122)51-105-42-21-14-36-98)59-90(126)112(47-25-18-40-102)63-94(130)118(72(5)76-27-9-7-10-28-76)65-92(128)116(55-74-32-34-80-82(49-74)136-68-134-80)61-88(124)110(45-23-16-38-100)57-84(120)107-44-20-13-31-78(97(133)109-79(67-138)96(104)132)108-85(121)58-111(46-24-17-39-101)89(125)62-117(56-75-33-35-81-83(50-75)137-69-135-81)93(129)66-119(73(6)77-29-11-8-12-30-77)95(131)64-113(48-26-19-41-103)91(127)60-115(54-71(3)4)87(123)52-106-43-22-15-37-99/h7-12,27-30,32-35,49-50,70-73,78-79,105-106,138H,13-26,31,36-48,51-69,98-103H2,1-6H3,(H2,104,132)(H,107,120)(H,108,121)(H,109,133)/t72-,73-,78?,79+/m1/s1. The lowest BCUT2D eigenvalue weighted by Gasteiger charge is -2.35. The molecule has 0 fully saturated rings. The van der Waals surface area contributed by atoms with Crippen LogP contribution in [0.25, 0.3) is 0 Å². The van der Waals surface area contributed by atoms with E-state index in [1.165, 1.54) is 49.0 Å². The molecule has 1 unspecified atom stereocenters. The maximum absolute atomic E-state index is 15.5. The zero-order chi connectivity index (χ0) is 101. The number of hydrogen-bond donors (Lipinski definition) is 13. The first kappa shape index (κ1) is 115. The van der Waals surface area contributed by atoms with Gasteiger partial charge in [-0.2, -0.15) is 12.6 Å². The number of thiol groups is 1. The number of carbonyl (C=O) groups is 14. The van der Waals surface area contributed by atoms with Gasteiger partial charge < -0.3 is 135 Å². The molecule has 766 valence electrons. The third-order valence-electron chi connectivity index (χ3n) is 23.4. The van der Waals surface area contributed by atoms with Crippen LogP contribution in [-0.4, -0.2) is 340 Å². The van der Waals surface area contributed by atoms with Crippen LogP contribution in [-0.2, 0) is 80.2 Å². The zero-order valence-electron chi connectivity index (χ0n) is 81.7. The number of carbonyl (C=O) groups excluding carboxylic acids is 14. The fourth-order valence-corrected chi connectivity index (χ4v) is 15.9. The molecule has 2 aliphatic rings. The lowest BCUT2D eigenvalue weighted by molar-refractivity contribution is -0.149. The van der Waals surface area contributed by atoms with E-state index in [1.54, 1.807) is 105 Å². The van der Waals surface area contributed by atoms with Crippen LogP contribution in [0.5, 0.6) is 23.0 Å². The average molecular weight is 1950 g/mol. The number of rotatable bonds is 70. The van der Waals surface area contributed by atoms with Crippen LogP contribution in [0.2, 0.25) is 0 Å². The molecule has 0 aromatic heterocycles. The molecule has 41 heteroatoms. The maximum Gasteiger partial charge on any atom is 0.243 e. The minimum absolute atomic E-state index is 0.00636. The predicted molar refractivity (Wildman–Crippen MR) is 527 cm³/mol. The highest BCUT2D eigenvalue weighted by molar-refractivity contribution is 7.80. The number of unbranched alkanes of at least 4 members (excludes halogenated alkanes) is 7. The Morgan fingerprint density at radius 2 is 0.688 bits per heavy atom. The second kappa shape index (κ2) is 64.0. The summed E-state index contributed by atoms with van der Waals surface area (Å²) in [6.07, 6.45) is 6.67. The van der Waals surface area contributed by atoms with Crippen LogP contribution in [0.4, 0.5) is 0 Å². The van der Waals surface area contributed by atoms with Gasteiger partial charge >= 0.3 is 0 Å². The Balaban J connectivity index is 1.23. The van der Waals surface area contributed by atoms with Gasteiger partial charge in [0.15, 0.2) is 23.0 Å². The van der Waals surface area contributed by atoms with E-state index in [-0.39, 0.29) is 167 Å². The number of benzene rings is 4. The summed E-state index contributed by atoms with van der Waals surface area (Å²) in [7, 11) is 0. The van der Waals surface area contributed by atoms with E-state index in [0.717, 1.165) is 25.7 Å². The van der Waals surface area contributed by atoms with Gasteiger partial charge in [0.1, 0.15) is 38.3 Å². The smallest absolute Gasteiger partial charge is 0.243 e. The number of nitrogens with two attached hydrogens (primary N) is 7. The first-order valence-electron chi connectivity index (χ1n) is 48.4. The largest absolute Gasteiger partial charge is 0.454 e. The average Bonchev–Trinajstić information content (AvgIpc) is 1.33. The molecule has 4 atom stereocenters. The fraction of sp³-hybridized carbons (Fsp3) is 0.608. The molecule has 0 radical (unpaired) electrons. The molecular weight excluding hydrogens is 1790 g/mol. The number of fused-ring (bicyclic) bond motifs is 2. The van der Waals surface area contributed by atoms with Crippen molar-refractivity contribution in [2.75, 3.05) is 196 Å². The molecule has 40 nitrogen and oxygen atoms in total. The number of hydrogen-bond acceptors (Lipinski definition) is 27. The minimum Gasteiger partial charge on any atom is -0.454 e. The van der Waals surface area contributed by atoms with Gasteiger partial charge in [-0.05, 0) is 221 Å². The second-order valence-electron chi connectivity index (χ2n) is 35.6. The highest BCUT2D eigenvalue weighted by Crippen LogP contribution is 2.35. The first-order valence-corrected chi connectivity index (χ1v) is 49.1. The molecule has 0 saturated carbocycles. The SMILES string of the molecule is CC(C)CN(CC(=O)N(CCCCN)CC(=O)N(CC(=O)N(CC(=O)N(CCCCN)CC(=O)NCCCCC(NC(=O)CN(CCCCN)C(=O)CN(Cc1ccc2c(c1)OCO2)C(=O)CN(C(=O)CN(CCCCN)C(=O)CN(CC(C)C)C(=O)CNCCCCN)[C@H](C)c1ccccc1)C(=O)N[C@@H](CS)C(N)=O)Cc1ccc2c(c1)OCO2)[C@H](C)c1ccccc1)C(=O)CNCCCCN. The molecule has 6 rings (SSSR count). The number of primary amides is 1. The highest BCUT2D eigenvalue weighted by atomic mass is 32.1. The molecule has 0 aliphatic carbocycles. The maximum atomic E-state index is 15.5. The molecule has 0 bridgehead atoms. The predicted octanol–water partition coefficient (Wildman–Crippen LogP) is 1.25. The van der Waals surface area contributed by atoms with Gasteiger partial charge in [-0.1, -0.05) is 100 Å². The summed E-state index contributed by atoms with van der Waals surface area (Å²) >= 11 is 4.24. The van der Waals surface area contributed by atoms with Crippen molar-refractivity contribution >= 4 is 95.3 Å². The molecule has 2 heterocycles. The van der Waals surface area contributed by atoms with E-state index in [4.69, 9.17) is 59.1 Å². The van der Waals surface area contributed by atoms with Crippen molar-refractivity contribution in [1.82, 2.24) is 75.6 Å². The van der Waals surface area contributed by atoms with Gasteiger partial charge in [0.05, 0.1) is 64.4 Å². The minimum atomic E-state index is -1.39. The van der Waals surface area contributed by atoms with Crippen molar-refractivity contribution < 1.29 is 86.1 Å². The van der Waals surface area contributed by atoms with E-state index < -0.39 is 147 Å². The zero-order valence-corrected chi connectivity index (χ0v) is 82.6. The topological polar surface area (TPSA) is 551 Å². The van der Waals surface area contributed by atoms with E-state index in [1.807, 2.05) is 33.8 Å². The second-order valence-corrected chi connectivity index (χ2v) is 36.0. The summed E-state index contributed by atoms with van der Waals surface area (Å²) in [5, 5.41) is 14.4. The molecule has 4 aromatic rings. The van der Waals surface area contributed by atoms with Crippen LogP contribution >= 0.6 is 12.6 Å². The van der Waals surface area contributed by atoms with Crippen molar-refractivity contribution in [3.63, 3.8) is 0 Å². The van der Waals surface area contributed by atoms with Crippen LogP contribution in [0.3, 0.4) is 0 Å². The van der Waals surface area contributed by atoms with Crippen molar-refractivity contribution in [3.05, 3.63) is 119 Å². The van der Waals surface area contributed by atoms with Gasteiger partial charge in [0, 0.05) is 64.7 Å². The Kier molecular flexibility index (Phi) is 53.6. The summed E-state index contributed by atoms with van der Waals surface area (Å²) in [5.74, 6) is -7.25. The Hall–Kier alpha value is -11.3. The Morgan fingerprint density at radius 3 is 1.06 bits per heavy atom. The van der Waals surface area contributed by atoms with Crippen LogP contribution in [0.1, 0.15) is 172 Å². The lowest BCUT2D eigenvalue weighted by atomic mass is 10.1. The van der Waals surface area contributed by atoms with E-state index in [2.05, 4.69) is 39.2 Å². The first-order chi connectivity index (χ1) is 66.3. The van der Waals surface area contributed by atoms with Crippen molar-refractivity contribution in [2.24, 2.45) is 52.0 Å². The Labute approximate surface area is 818 Å². The van der Waals surface area contributed by atoms with Gasteiger partial charge in [-0.25, -0.2) is 0 Å². The summed E-state index contributed by atoms with van der Waals surface area (Å²) < 4.78 is 22.6. The van der Waals surface area contributed by atoms with Gasteiger partial charge in [0.25, 0.3) is 0 Å². The quantitative estimate of drug-likeness (QED) is 0.0218. The summed E-state index contributed by atoms with van der Waals surface area (Å²) in [5.41, 5.74) is 43.2. The number of nitrogens with one attached hydrogen (secondary N) is 5. The summed E-state index contributed by atoms with van der Waals surface area (Å²) in [6, 6.07) is 23.8. The van der Waals surface area contributed by atoms with E-state index in [9.17, 15) is 38.4 Å². The number of ether oxygens (including phenoxy) is 4. The molecule has 0 spiro atoms. The molecule has 0 saturated heterocycles. The summed E-state index contributed by atoms with van der Waals surface area (Å²) in [4.78, 5) is 218. The molecular formula is C97H154N22O18S. The van der Waals surface area contributed by atoms with Crippen molar-refractivity contribution in [3.8, 4) is 23.0 Å². The fourth-order valence-electron chi connectivity index (χ4n) is 15.6. The summed E-state index contributed by atoms with van der Waals surface area (Å²) in [6.45, 7) is 9.33. The van der Waals surface area contributed by atoms with Crippen molar-refractivity contribution in [2.45, 2.75) is 175 Å². The lowest BCUT2D eigenvalue weighted by Crippen LogP contribution is -2.55. The van der Waals surface area contributed by atoms with E-state index >= 15 is 28.8 Å². The van der Waals surface area contributed by atoms with Gasteiger partial charge in [-0.15, -0.1) is 0 Å². The molecule has 138 heavy (non-hydrogen) atoms. The third-order valence-corrected chi connectivity index (χ3v) is 23.8. The van der Waals surface area contributed by atoms with Crippen LogP contribution in [0.15, 0.2) is 97.1 Å². The molecule has 2 aliphatic heterocycles. The molecule has 4 aromatic carbocycles. The Bertz CT molecular complexity index is 4470. The normalized spacial score (nSPS) is 12.6. The van der Waals surface area contributed by atoms with Crippen LogP contribution in [0, 0.1) is 11.8 Å². The monoisotopic (exact) mass is 1950 g/mol. The number of amides is 14. The Morgan fingerprint density at radius 1 is 0.348 bits per heavy atom. The number of nitrogens with zero attached hydrogens (tertiary/aromatic N) is 10.